The summed E-state index contributed by atoms with van der Waals surface area (Å²) in [6, 6.07) is 6.51. The molecule has 3 aliphatic heterocycles. The van der Waals surface area contributed by atoms with Gasteiger partial charge in [0.25, 0.3) is 0 Å². The first-order valence-corrected chi connectivity index (χ1v) is 18.6. The van der Waals surface area contributed by atoms with E-state index in [9.17, 15) is 14.3 Å². The largest absolute Gasteiger partial charge is 0.508 e. The van der Waals surface area contributed by atoms with Crippen LogP contribution >= 0.6 is 0 Å². The molecular weight excluding hydrogens is 664 g/mol. The molecular formula is C41H49F2N5O4. The van der Waals surface area contributed by atoms with Crippen LogP contribution in [0.15, 0.2) is 36.9 Å². The molecule has 2 aromatic carbocycles. The first kappa shape index (κ1) is 36.1. The van der Waals surface area contributed by atoms with Gasteiger partial charge in [0, 0.05) is 69.9 Å². The van der Waals surface area contributed by atoms with Gasteiger partial charge in [0.15, 0.2) is 0 Å². The number of hydrogen-bond donors (Lipinski definition) is 1. The highest BCUT2D eigenvalue weighted by atomic mass is 19.1. The lowest BCUT2D eigenvalue weighted by molar-refractivity contribution is -0.126. The summed E-state index contributed by atoms with van der Waals surface area (Å²) in [5, 5.41) is 12.0. The van der Waals surface area contributed by atoms with Crippen molar-refractivity contribution in [3.63, 3.8) is 0 Å². The Morgan fingerprint density at radius 3 is 2.83 bits per heavy atom. The number of alkyl halides is 1. The number of aromatic hydroxyl groups is 1. The molecule has 0 saturated carbocycles. The molecule has 11 heteroatoms. The molecule has 276 valence electrons. The van der Waals surface area contributed by atoms with Crippen LogP contribution in [-0.4, -0.2) is 102 Å². The van der Waals surface area contributed by atoms with Gasteiger partial charge in [-0.2, -0.15) is 9.97 Å². The van der Waals surface area contributed by atoms with E-state index in [4.69, 9.17) is 25.9 Å². The number of carbonyl (C=O) groups excluding carboxylic acids is 1. The molecule has 0 spiro atoms. The lowest BCUT2D eigenvalue weighted by Crippen LogP contribution is -2.48. The third kappa shape index (κ3) is 7.20. The Hall–Kier alpha value is -4.27. The van der Waals surface area contributed by atoms with Crippen LogP contribution in [0.3, 0.4) is 0 Å². The molecule has 4 atom stereocenters. The number of anilines is 1. The van der Waals surface area contributed by atoms with Crippen LogP contribution in [0.25, 0.3) is 10.8 Å². The van der Waals surface area contributed by atoms with E-state index in [1.807, 2.05) is 11.9 Å². The zero-order valence-corrected chi connectivity index (χ0v) is 30.3. The number of phenols is 1. The highest BCUT2D eigenvalue weighted by molar-refractivity contribution is 5.93. The second-order valence-electron chi connectivity index (χ2n) is 15.4. The summed E-state index contributed by atoms with van der Waals surface area (Å²) >= 11 is 0. The summed E-state index contributed by atoms with van der Waals surface area (Å²) < 4.78 is 42.0. The van der Waals surface area contributed by atoms with Crippen molar-refractivity contribution in [1.82, 2.24) is 19.8 Å². The molecule has 1 aliphatic carbocycles. The zero-order chi connectivity index (χ0) is 36.6. The number of fused-ring (bicyclic) bond motifs is 2. The summed E-state index contributed by atoms with van der Waals surface area (Å²) in [4.78, 5) is 28.8. The molecule has 9 nitrogen and oxygen atoms in total. The van der Waals surface area contributed by atoms with Crippen molar-refractivity contribution in [2.45, 2.75) is 82.0 Å². The number of terminal acetylenes is 1. The van der Waals surface area contributed by atoms with Crippen molar-refractivity contribution in [1.29, 1.82) is 0 Å². The SMILES string of the molecule is C#Cc1c(F)ccc2cc(O)cc([C@@H]3CCc4c(nc(OC[C@]5(C)C[C@@H](F)CN5CC5CCOCC5)nc4N(C)C[C@@H]4CCCN4C(=O)C=C)C3)c12. The highest BCUT2D eigenvalue weighted by Crippen LogP contribution is 2.42. The standard InChI is InChI=1S/C41H49F2N5O4/c1-5-32-35(43)12-10-28-18-31(49)20-34(38(28)32)27-9-11-33-36(19-27)44-40(45-39(33)46(4)24-30-8-7-15-48(30)37(50)6-2)52-25-41(3)21-29(42)23-47(41)22-26-13-16-51-17-14-26/h1,6,10,12,18,20,26-27,29-30,49H,2,7-9,11,13-17,19,21-25H2,3-4H3/t27-,29-,30+,41+/m1/s1. The van der Waals surface area contributed by atoms with Crippen LogP contribution in [0.2, 0.25) is 0 Å². The molecule has 0 radical (unpaired) electrons. The second-order valence-corrected chi connectivity index (χ2v) is 15.4. The average molecular weight is 714 g/mol. The number of aromatic nitrogens is 2. The molecule has 4 aliphatic rings. The number of hydrogen-bond acceptors (Lipinski definition) is 8. The Morgan fingerprint density at radius 2 is 2.06 bits per heavy atom. The number of amides is 1. The van der Waals surface area contributed by atoms with E-state index in [0.717, 1.165) is 68.1 Å². The molecule has 3 aromatic rings. The third-order valence-corrected chi connectivity index (χ3v) is 11.8. The second kappa shape index (κ2) is 15.0. The van der Waals surface area contributed by atoms with Gasteiger partial charge in [0.1, 0.15) is 30.2 Å². The zero-order valence-electron chi connectivity index (χ0n) is 30.3. The normalized spacial score (nSPS) is 25.2. The van der Waals surface area contributed by atoms with Crippen molar-refractivity contribution >= 4 is 22.5 Å². The number of likely N-dealkylation sites (tertiary alicyclic amines) is 2. The van der Waals surface area contributed by atoms with E-state index < -0.39 is 17.5 Å². The van der Waals surface area contributed by atoms with Crippen LogP contribution < -0.4 is 9.64 Å². The van der Waals surface area contributed by atoms with Gasteiger partial charge in [0.05, 0.1) is 16.8 Å². The first-order chi connectivity index (χ1) is 25.1. The van der Waals surface area contributed by atoms with Crippen molar-refractivity contribution in [2.24, 2.45) is 5.92 Å². The van der Waals surface area contributed by atoms with Crippen LogP contribution in [0.4, 0.5) is 14.6 Å². The van der Waals surface area contributed by atoms with E-state index in [-0.39, 0.29) is 41.8 Å². The number of rotatable bonds is 10. The number of halogens is 2. The van der Waals surface area contributed by atoms with Crippen molar-refractivity contribution < 1.29 is 28.2 Å². The minimum Gasteiger partial charge on any atom is -0.508 e. The molecule has 3 saturated heterocycles. The number of likely N-dealkylation sites (N-methyl/N-ethyl adjacent to an activating group) is 1. The average Bonchev–Trinajstić information content (AvgIpc) is 3.72. The van der Waals surface area contributed by atoms with Crippen LogP contribution in [0.5, 0.6) is 11.8 Å². The minimum atomic E-state index is -0.942. The molecule has 1 N–H and O–H groups in total. The van der Waals surface area contributed by atoms with E-state index in [1.54, 1.807) is 18.2 Å². The van der Waals surface area contributed by atoms with Crippen LogP contribution in [0, 0.1) is 24.1 Å². The Kier molecular flexibility index (Phi) is 10.4. The Bertz CT molecular complexity index is 1880. The molecule has 0 unspecified atom stereocenters. The van der Waals surface area contributed by atoms with Crippen molar-refractivity contribution in [3.05, 3.63) is 65.1 Å². The smallest absolute Gasteiger partial charge is 0.318 e. The van der Waals surface area contributed by atoms with E-state index in [0.29, 0.717) is 62.0 Å². The topological polar surface area (TPSA) is 91.3 Å². The lowest BCUT2D eigenvalue weighted by atomic mass is 9.79. The molecule has 4 heterocycles. The van der Waals surface area contributed by atoms with Gasteiger partial charge >= 0.3 is 6.01 Å². The molecule has 0 bridgehead atoms. The maximum atomic E-state index is 15.0. The number of nitrogens with zero attached hydrogens (tertiary/aromatic N) is 5. The Morgan fingerprint density at radius 1 is 1.25 bits per heavy atom. The van der Waals surface area contributed by atoms with Gasteiger partial charge in [-0.1, -0.05) is 18.6 Å². The number of phenolic OH excluding ortho intramolecular Hbond substituents is 1. The van der Waals surface area contributed by atoms with Gasteiger partial charge in [-0.05, 0) is 98.9 Å². The number of ether oxygens (including phenoxy) is 2. The maximum Gasteiger partial charge on any atom is 0.318 e. The van der Waals surface area contributed by atoms with Crippen LogP contribution in [0.1, 0.15) is 73.8 Å². The van der Waals surface area contributed by atoms with E-state index in [2.05, 4.69) is 29.2 Å². The fourth-order valence-electron chi connectivity index (χ4n) is 9.01. The third-order valence-electron chi connectivity index (χ3n) is 11.8. The predicted molar refractivity (Wildman–Crippen MR) is 197 cm³/mol. The van der Waals surface area contributed by atoms with Gasteiger partial charge in [0.2, 0.25) is 5.91 Å². The molecule has 1 aromatic heterocycles. The lowest BCUT2D eigenvalue weighted by Gasteiger charge is -2.37. The Balaban J connectivity index is 1.21. The predicted octanol–water partition coefficient (Wildman–Crippen LogP) is 5.95. The summed E-state index contributed by atoms with van der Waals surface area (Å²) in [7, 11) is 1.99. The van der Waals surface area contributed by atoms with Crippen LogP contribution in [-0.2, 0) is 22.4 Å². The highest BCUT2D eigenvalue weighted by Gasteiger charge is 2.44. The minimum absolute atomic E-state index is 0.00944. The van der Waals surface area contributed by atoms with Gasteiger partial charge < -0.3 is 24.4 Å². The molecule has 7 rings (SSSR count). The fourth-order valence-corrected chi connectivity index (χ4v) is 9.01. The fraction of sp³-hybridized carbons (Fsp3) is 0.537. The Labute approximate surface area is 305 Å². The maximum absolute atomic E-state index is 15.0. The number of benzene rings is 2. The van der Waals surface area contributed by atoms with Crippen molar-refractivity contribution in [2.75, 3.05) is 57.9 Å². The van der Waals surface area contributed by atoms with E-state index >= 15 is 4.39 Å². The van der Waals surface area contributed by atoms with Crippen molar-refractivity contribution in [3.8, 4) is 24.1 Å². The first-order valence-electron chi connectivity index (χ1n) is 18.6. The molecule has 3 fully saturated rings. The summed E-state index contributed by atoms with van der Waals surface area (Å²) in [6.07, 6.45) is 12.2. The number of carbonyl (C=O) groups is 1. The van der Waals surface area contributed by atoms with E-state index in [1.165, 1.54) is 12.1 Å². The van der Waals surface area contributed by atoms with Gasteiger partial charge in [-0.25, -0.2) is 8.78 Å². The summed E-state index contributed by atoms with van der Waals surface area (Å²) in [6.45, 7) is 9.91. The summed E-state index contributed by atoms with van der Waals surface area (Å²) in [5.74, 6) is 3.17. The van der Waals surface area contributed by atoms with Gasteiger partial charge in [-0.15, -0.1) is 6.42 Å². The monoisotopic (exact) mass is 713 g/mol. The molecule has 52 heavy (non-hydrogen) atoms. The molecule has 1 amide bonds. The quantitative estimate of drug-likeness (QED) is 0.204. The van der Waals surface area contributed by atoms with Gasteiger partial charge in [-0.3, -0.25) is 9.69 Å². The summed E-state index contributed by atoms with van der Waals surface area (Å²) in [5.41, 5.74) is 2.24.